The molecule has 4 rings (SSSR count). The van der Waals surface area contributed by atoms with Gasteiger partial charge in [-0.2, -0.15) is 26.3 Å². The molecule has 232 valence electrons. The van der Waals surface area contributed by atoms with E-state index in [2.05, 4.69) is 9.80 Å². The molecular formula is C30H49F6N3O. The Morgan fingerprint density at radius 2 is 1.32 bits per heavy atom. The Bertz CT molecular complexity index is 763. The fourth-order valence-corrected chi connectivity index (χ4v) is 8.08. The van der Waals surface area contributed by atoms with Crippen molar-refractivity contribution in [2.24, 2.45) is 23.7 Å². The lowest BCUT2D eigenvalue weighted by atomic mass is 9.73. The van der Waals surface area contributed by atoms with Crippen molar-refractivity contribution >= 4 is 5.91 Å². The molecule has 4 fully saturated rings. The van der Waals surface area contributed by atoms with E-state index in [0.29, 0.717) is 24.9 Å². The highest BCUT2D eigenvalue weighted by Crippen LogP contribution is 2.48. The van der Waals surface area contributed by atoms with Gasteiger partial charge in [-0.05, 0) is 95.6 Å². The van der Waals surface area contributed by atoms with Gasteiger partial charge in [-0.25, -0.2) is 0 Å². The molecule has 2 aliphatic heterocycles. The van der Waals surface area contributed by atoms with Crippen LogP contribution in [-0.2, 0) is 4.79 Å². The molecule has 3 atom stereocenters. The lowest BCUT2D eigenvalue weighted by Gasteiger charge is -2.45. The fourth-order valence-electron chi connectivity index (χ4n) is 8.08. The first-order valence-electron chi connectivity index (χ1n) is 15.8. The maximum absolute atomic E-state index is 13.9. The summed E-state index contributed by atoms with van der Waals surface area (Å²) in [5.41, 5.74) is 0. The average molecular weight is 582 g/mol. The van der Waals surface area contributed by atoms with E-state index in [4.69, 9.17) is 0 Å². The number of hydrogen-bond acceptors (Lipinski definition) is 3. The molecule has 0 spiro atoms. The molecule has 0 bridgehead atoms. The molecule has 0 N–H and O–H groups in total. The van der Waals surface area contributed by atoms with Crippen LogP contribution in [0, 0.1) is 23.7 Å². The highest BCUT2D eigenvalue weighted by Gasteiger charge is 2.51. The molecule has 1 amide bonds. The number of carbonyl (C=O) groups is 1. The van der Waals surface area contributed by atoms with Crippen molar-refractivity contribution < 1.29 is 31.1 Å². The predicted molar refractivity (Wildman–Crippen MR) is 144 cm³/mol. The Balaban J connectivity index is 1.32. The van der Waals surface area contributed by atoms with Gasteiger partial charge in [-0.3, -0.25) is 9.69 Å². The average Bonchev–Trinajstić information content (AvgIpc) is 2.93. The summed E-state index contributed by atoms with van der Waals surface area (Å²) >= 11 is 0. The summed E-state index contributed by atoms with van der Waals surface area (Å²) in [6.07, 6.45) is 1.67. The molecule has 40 heavy (non-hydrogen) atoms. The number of nitrogens with zero attached hydrogens (tertiary/aromatic N) is 3. The molecule has 3 unspecified atom stereocenters. The van der Waals surface area contributed by atoms with Crippen LogP contribution in [0.25, 0.3) is 0 Å². The van der Waals surface area contributed by atoms with E-state index in [1.165, 1.54) is 38.8 Å². The minimum absolute atomic E-state index is 0.0771. The van der Waals surface area contributed by atoms with Crippen LogP contribution < -0.4 is 0 Å². The van der Waals surface area contributed by atoms with Gasteiger partial charge < -0.3 is 9.80 Å². The Morgan fingerprint density at radius 1 is 0.775 bits per heavy atom. The number of amides is 1. The van der Waals surface area contributed by atoms with Crippen molar-refractivity contribution in [3.8, 4) is 0 Å². The smallest absolute Gasteiger partial charge is 0.344 e. The molecule has 0 aromatic rings. The summed E-state index contributed by atoms with van der Waals surface area (Å²) in [7, 11) is 1.76. The summed E-state index contributed by atoms with van der Waals surface area (Å²) in [6, 6.07) is 0.416. The molecule has 2 saturated heterocycles. The van der Waals surface area contributed by atoms with Crippen LogP contribution in [0.1, 0.15) is 96.3 Å². The van der Waals surface area contributed by atoms with Gasteiger partial charge >= 0.3 is 12.4 Å². The first-order valence-corrected chi connectivity index (χ1v) is 15.8. The summed E-state index contributed by atoms with van der Waals surface area (Å²) < 4.78 is 80.3. The van der Waals surface area contributed by atoms with Crippen molar-refractivity contribution in [1.29, 1.82) is 0 Å². The third-order valence-corrected chi connectivity index (χ3v) is 10.4. The second-order valence-electron chi connectivity index (χ2n) is 13.2. The standard InChI is InChI=1S/C30H49F6N3O/c1-37(14-8-9-22-19-24(29(31,32)33)21-25(20-22)30(34,35)36)28(40)27(23-10-4-2-5-11-23)39-17-12-26(13-18-39)38-15-6-3-7-16-38/h22-27H,2-21H2,1H3. The number of hydrogen-bond donors (Lipinski definition) is 0. The normalized spacial score (nSPS) is 29.8. The molecule has 2 heterocycles. The summed E-state index contributed by atoms with van der Waals surface area (Å²) in [6.45, 7) is 4.53. The number of alkyl halides is 6. The third kappa shape index (κ3) is 8.51. The molecule has 4 aliphatic rings. The number of likely N-dealkylation sites (N-methyl/N-ethyl adjacent to an activating group) is 1. The highest BCUT2D eigenvalue weighted by atomic mass is 19.4. The topological polar surface area (TPSA) is 26.8 Å². The first kappa shape index (κ1) is 31.9. The van der Waals surface area contributed by atoms with Crippen molar-refractivity contribution in [2.75, 3.05) is 39.8 Å². The van der Waals surface area contributed by atoms with Gasteiger partial charge in [0.05, 0.1) is 17.9 Å². The molecule has 0 aromatic heterocycles. The van der Waals surface area contributed by atoms with Crippen LogP contribution in [0.2, 0.25) is 0 Å². The second-order valence-corrected chi connectivity index (χ2v) is 13.2. The summed E-state index contributed by atoms with van der Waals surface area (Å²) in [5.74, 6) is -4.04. The summed E-state index contributed by atoms with van der Waals surface area (Å²) in [4.78, 5) is 20.6. The van der Waals surface area contributed by atoms with E-state index in [1.807, 2.05) is 0 Å². The zero-order chi connectivity index (χ0) is 28.9. The largest absolute Gasteiger partial charge is 0.391 e. The van der Waals surface area contributed by atoms with E-state index in [-0.39, 0.29) is 31.2 Å². The molecule has 0 aromatic carbocycles. The zero-order valence-corrected chi connectivity index (χ0v) is 24.1. The zero-order valence-electron chi connectivity index (χ0n) is 24.1. The number of likely N-dealkylation sites (tertiary alicyclic amines) is 2. The Hall–Kier alpha value is -1.03. The van der Waals surface area contributed by atoms with E-state index < -0.39 is 36.5 Å². The molecule has 0 radical (unpaired) electrons. The van der Waals surface area contributed by atoms with E-state index in [1.54, 1.807) is 11.9 Å². The first-order chi connectivity index (χ1) is 18.9. The minimum atomic E-state index is -4.61. The molecule has 4 nitrogen and oxygen atoms in total. The van der Waals surface area contributed by atoms with Crippen molar-refractivity contribution in [3.05, 3.63) is 0 Å². The molecule has 10 heteroatoms. The SMILES string of the molecule is CN(CCCC1CC(C(F)(F)F)CC(C(F)(F)F)C1)C(=O)C(C1CCCCC1)N1CCC(N2CCCCC2)CC1. The number of piperidine rings is 2. The number of rotatable bonds is 8. The molecule has 2 saturated carbocycles. The maximum atomic E-state index is 13.9. The van der Waals surface area contributed by atoms with Gasteiger partial charge in [0.25, 0.3) is 0 Å². The Labute approximate surface area is 236 Å². The van der Waals surface area contributed by atoms with Crippen LogP contribution in [0.4, 0.5) is 26.3 Å². The van der Waals surface area contributed by atoms with Gasteiger partial charge in [0, 0.05) is 32.7 Å². The molecular weight excluding hydrogens is 532 g/mol. The van der Waals surface area contributed by atoms with Gasteiger partial charge in [-0.15, -0.1) is 0 Å². The number of halogens is 6. The highest BCUT2D eigenvalue weighted by molar-refractivity contribution is 5.82. The van der Waals surface area contributed by atoms with Gasteiger partial charge in [-0.1, -0.05) is 25.7 Å². The lowest BCUT2D eigenvalue weighted by Crippen LogP contribution is -2.56. The summed E-state index contributed by atoms with van der Waals surface area (Å²) in [5, 5.41) is 0. The van der Waals surface area contributed by atoms with Crippen LogP contribution >= 0.6 is 0 Å². The van der Waals surface area contributed by atoms with Crippen LogP contribution in [-0.4, -0.2) is 84.8 Å². The molecule has 2 aliphatic carbocycles. The van der Waals surface area contributed by atoms with Gasteiger partial charge in [0.2, 0.25) is 5.91 Å². The van der Waals surface area contributed by atoms with Crippen molar-refractivity contribution in [2.45, 2.75) is 121 Å². The minimum Gasteiger partial charge on any atom is -0.344 e. The maximum Gasteiger partial charge on any atom is 0.391 e. The Kier molecular flexibility index (Phi) is 11.1. The second kappa shape index (κ2) is 14.0. The van der Waals surface area contributed by atoms with Gasteiger partial charge in [0.1, 0.15) is 0 Å². The third-order valence-electron chi connectivity index (χ3n) is 10.4. The van der Waals surface area contributed by atoms with E-state index >= 15 is 0 Å². The van der Waals surface area contributed by atoms with Crippen LogP contribution in [0.15, 0.2) is 0 Å². The lowest BCUT2D eigenvalue weighted by molar-refractivity contribution is -0.228. The fraction of sp³-hybridized carbons (Fsp3) is 0.967. The quantitative estimate of drug-likeness (QED) is 0.282. The van der Waals surface area contributed by atoms with Crippen LogP contribution in [0.5, 0.6) is 0 Å². The Morgan fingerprint density at radius 3 is 1.88 bits per heavy atom. The van der Waals surface area contributed by atoms with Gasteiger partial charge in [0.15, 0.2) is 0 Å². The van der Waals surface area contributed by atoms with E-state index in [9.17, 15) is 31.1 Å². The predicted octanol–water partition coefficient (Wildman–Crippen LogP) is 7.28. The monoisotopic (exact) mass is 581 g/mol. The van der Waals surface area contributed by atoms with Crippen molar-refractivity contribution in [1.82, 2.24) is 14.7 Å². The van der Waals surface area contributed by atoms with E-state index in [0.717, 1.165) is 51.6 Å². The van der Waals surface area contributed by atoms with Crippen LogP contribution in [0.3, 0.4) is 0 Å². The number of carbonyl (C=O) groups excluding carboxylic acids is 1. The van der Waals surface area contributed by atoms with Crippen molar-refractivity contribution in [3.63, 3.8) is 0 Å².